The van der Waals surface area contributed by atoms with Crippen LogP contribution in [0.3, 0.4) is 0 Å². The second kappa shape index (κ2) is 4.93. The fourth-order valence-electron chi connectivity index (χ4n) is 2.78. The molecule has 1 aromatic heterocycles. The third-order valence-electron chi connectivity index (χ3n) is 3.82. The minimum absolute atomic E-state index is 0.217. The summed E-state index contributed by atoms with van der Waals surface area (Å²) < 4.78 is 13.2. The number of nitrogens with two attached hydrogens (primary N) is 1. The highest BCUT2D eigenvalue weighted by Gasteiger charge is 2.22. The van der Waals surface area contributed by atoms with E-state index < -0.39 is 0 Å². The van der Waals surface area contributed by atoms with Crippen LogP contribution in [0, 0.1) is 12.7 Å². The molecule has 2 N–H and O–H groups in total. The monoisotopic (exact) mass is 276 g/mol. The largest absolute Gasteiger partial charge is 0.389 e. The van der Waals surface area contributed by atoms with Gasteiger partial charge in [-0.3, -0.25) is 0 Å². The number of aryl methyl sites for hydroxylation is 1. The number of thiazole rings is 1. The van der Waals surface area contributed by atoms with Gasteiger partial charge in [0.25, 0.3) is 0 Å². The Bertz CT molecular complexity index is 600. The molecule has 4 heteroatoms. The second-order valence-corrected chi connectivity index (χ2v) is 6.27. The van der Waals surface area contributed by atoms with Crippen molar-refractivity contribution < 1.29 is 4.39 Å². The normalized spacial score (nSPS) is 16.1. The van der Waals surface area contributed by atoms with Gasteiger partial charge in [0, 0.05) is 11.5 Å². The molecule has 0 radical (unpaired) electrons. The van der Waals surface area contributed by atoms with Crippen LogP contribution in [0.1, 0.15) is 42.2 Å². The van der Waals surface area contributed by atoms with Crippen molar-refractivity contribution in [3.8, 4) is 11.3 Å². The Morgan fingerprint density at radius 3 is 2.74 bits per heavy atom. The van der Waals surface area contributed by atoms with Crippen LogP contribution < -0.4 is 5.73 Å². The first kappa shape index (κ1) is 12.6. The molecule has 19 heavy (non-hydrogen) atoms. The minimum atomic E-state index is -0.217. The van der Waals surface area contributed by atoms with Crippen molar-refractivity contribution in [1.82, 2.24) is 4.98 Å². The average molecular weight is 276 g/mol. The molecule has 2 aromatic rings. The third-order valence-corrected chi connectivity index (χ3v) is 4.86. The maximum absolute atomic E-state index is 13.2. The molecule has 1 saturated carbocycles. The van der Waals surface area contributed by atoms with Gasteiger partial charge in [0.05, 0.1) is 5.01 Å². The Labute approximate surface area is 116 Å². The van der Waals surface area contributed by atoms with Crippen molar-refractivity contribution >= 4 is 16.3 Å². The van der Waals surface area contributed by atoms with Crippen LogP contribution in [0.15, 0.2) is 18.2 Å². The molecule has 0 saturated heterocycles. The second-order valence-electron chi connectivity index (χ2n) is 5.21. The quantitative estimate of drug-likeness (QED) is 0.877. The fraction of sp³-hybridized carbons (Fsp3) is 0.400. The summed E-state index contributed by atoms with van der Waals surface area (Å²) in [4.78, 5) is 4.72. The van der Waals surface area contributed by atoms with Gasteiger partial charge in [-0.15, -0.1) is 11.3 Å². The Morgan fingerprint density at radius 2 is 2.05 bits per heavy atom. The summed E-state index contributed by atoms with van der Waals surface area (Å²) in [5.41, 5.74) is 8.76. The summed E-state index contributed by atoms with van der Waals surface area (Å²) in [6.45, 7) is 1.90. The first-order chi connectivity index (χ1) is 9.15. The molecule has 1 fully saturated rings. The summed E-state index contributed by atoms with van der Waals surface area (Å²) in [7, 11) is 0. The number of nitrogen functional groups attached to an aromatic ring is 1. The predicted octanol–water partition coefficient (Wildman–Crippen LogP) is 4.50. The van der Waals surface area contributed by atoms with E-state index in [-0.39, 0.29) is 5.82 Å². The first-order valence-corrected chi connectivity index (χ1v) is 7.49. The molecule has 0 aliphatic heterocycles. The average Bonchev–Trinajstić information content (AvgIpc) is 2.98. The molecule has 1 aliphatic rings. The number of rotatable bonds is 2. The first-order valence-electron chi connectivity index (χ1n) is 6.68. The van der Waals surface area contributed by atoms with Gasteiger partial charge >= 0.3 is 0 Å². The maximum Gasteiger partial charge on any atom is 0.123 e. The lowest BCUT2D eigenvalue weighted by Gasteiger charge is -2.04. The molecule has 0 amide bonds. The van der Waals surface area contributed by atoms with Crippen LogP contribution in [-0.4, -0.2) is 4.98 Å². The van der Waals surface area contributed by atoms with E-state index in [9.17, 15) is 4.39 Å². The standard InChI is InChI=1S/C15H17FN2S/c1-9-8-11(16)6-7-12(9)13-14(17)19-15(18-13)10-4-2-3-5-10/h6-8,10H,2-5,17H2,1H3. The zero-order valence-electron chi connectivity index (χ0n) is 10.9. The number of anilines is 1. The third kappa shape index (κ3) is 2.37. The highest BCUT2D eigenvalue weighted by atomic mass is 32.1. The number of nitrogens with zero attached hydrogens (tertiary/aromatic N) is 1. The van der Waals surface area contributed by atoms with Crippen molar-refractivity contribution in [3.63, 3.8) is 0 Å². The van der Waals surface area contributed by atoms with Gasteiger partial charge in [0.1, 0.15) is 16.5 Å². The van der Waals surface area contributed by atoms with Crippen LogP contribution in [0.5, 0.6) is 0 Å². The Hall–Kier alpha value is -1.42. The van der Waals surface area contributed by atoms with E-state index in [1.807, 2.05) is 6.92 Å². The molecule has 2 nitrogen and oxygen atoms in total. The summed E-state index contributed by atoms with van der Waals surface area (Å²) in [6, 6.07) is 4.77. The van der Waals surface area contributed by atoms with E-state index in [1.54, 1.807) is 17.4 Å². The molecule has 1 aromatic carbocycles. The lowest BCUT2D eigenvalue weighted by Crippen LogP contribution is -1.92. The summed E-state index contributed by atoms with van der Waals surface area (Å²) in [5, 5.41) is 1.89. The van der Waals surface area contributed by atoms with E-state index in [1.165, 1.54) is 37.8 Å². The van der Waals surface area contributed by atoms with Crippen LogP contribution in [0.4, 0.5) is 9.39 Å². The lowest BCUT2D eigenvalue weighted by atomic mass is 10.1. The van der Waals surface area contributed by atoms with Crippen LogP contribution in [0.25, 0.3) is 11.3 Å². The number of hydrogen-bond acceptors (Lipinski definition) is 3. The maximum atomic E-state index is 13.2. The van der Waals surface area contributed by atoms with Gasteiger partial charge in [-0.2, -0.15) is 0 Å². The molecule has 100 valence electrons. The van der Waals surface area contributed by atoms with E-state index in [2.05, 4.69) is 0 Å². The van der Waals surface area contributed by atoms with Gasteiger partial charge in [0.2, 0.25) is 0 Å². The van der Waals surface area contributed by atoms with Crippen molar-refractivity contribution in [2.24, 2.45) is 0 Å². The van der Waals surface area contributed by atoms with Gasteiger partial charge < -0.3 is 5.73 Å². The highest BCUT2D eigenvalue weighted by molar-refractivity contribution is 7.16. The summed E-state index contributed by atoms with van der Waals surface area (Å²) in [5.74, 6) is 0.355. The fourth-order valence-corrected chi connectivity index (χ4v) is 3.80. The Morgan fingerprint density at radius 1 is 1.32 bits per heavy atom. The molecule has 0 bridgehead atoms. The molecular weight excluding hydrogens is 259 g/mol. The number of aromatic nitrogens is 1. The Kier molecular flexibility index (Phi) is 3.27. The molecule has 3 rings (SSSR count). The SMILES string of the molecule is Cc1cc(F)ccc1-c1nc(C2CCCC2)sc1N. The number of benzene rings is 1. The van der Waals surface area contributed by atoms with Crippen LogP contribution in [-0.2, 0) is 0 Å². The van der Waals surface area contributed by atoms with Crippen molar-refractivity contribution in [1.29, 1.82) is 0 Å². The van der Waals surface area contributed by atoms with E-state index >= 15 is 0 Å². The molecule has 0 atom stereocenters. The number of hydrogen-bond donors (Lipinski definition) is 1. The predicted molar refractivity (Wildman–Crippen MR) is 77.9 cm³/mol. The van der Waals surface area contributed by atoms with Gasteiger partial charge in [0.15, 0.2) is 0 Å². The van der Waals surface area contributed by atoms with E-state index in [0.717, 1.165) is 26.8 Å². The zero-order chi connectivity index (χ0) is 13.4. The van der Waals surface area contributed by atoms with Gasteiger partial charge in [-0.25, -0.2) is 9.37 Å². The molecule has 0 unspecified atom stereocenters. The smallest absolute Gasteiger partial charge is 0.123 e. The van der Waals surface area contributed by atoms with Gasteiger partial charge in [-0.1, -0.05) is 12.8 Å². The van der Waals surface area contributed by atoms with Crippen LogP contribution in [0.2, 0.25) is 0 Å². The van der Waals surface area contributed by atoms with Crippen molar-refractivity contribution in [2.75, 3.05) is 5.73 Å². The van der Waals surface area contributed by atoms with Crippen molar-refractivity contribution in [3.05, 3.63) is 34.6 Å². The lowest BCUT2D eigenvalue weighted by molar-refractivity contribution is 0.627. The summed E-state index contributed by atoms with van der Waals surface area (Å²) >= 11 is 1.59. The zero-order valence-corrected chi connectivity index (χ0v) is 11.8. The van der Waals surface area contributed by atoms with Crippen LogP contribution >= 0.6 is 11.3 Å². The highest BCUT2D eigenvalue weighted by Crippen LogP contribution is 2.41. The topological polar surface area (TPSA) is 38.9 Å². The van der Waals surface area contributed by atoms with Gasteiger partial charge in [-0.05, 0) is 43.5 Å². The molecule has 1 heterocycles. The summed E-state index contributed by atoms with van der Waals surface area (Å²) in [6.07, 6.45) is 5.01. The van der Waals surface area contributed by atoms with E-state index in [4.69, 9.17) is 10.7 Å². The number of halogens is 1. The van der Waals surface area contributed by atoms with Crippen molar-refractivity contribution in [2.45, 2.75) is 38.5 Å². The molecule has 0 spiro atoms. The molecule has 1 aliphatic carbocycles. The minimum Gasteiger partial charge on any atom is -0.389 e. The van der Waals surface area contributed by atoms with E-state index in [0.29, 0.717) is 5.92 Å². The Balaban J connectivity index is 2.00. The molecular formula is C15H17FN2S.